The number of aryl methyl sites for hydroxylation is 1. The molecule has 0 N–H and O–H groups in total. The molecular formula is C42H29NO2. The highest BCUT2D eigenvalue weighted by atomic mass is 16.1. The minimum atomic E-state index is -0.189. The summed E-state index contributed by atoms with van der Waals surface area (Å²) in [7, 11) is 0. The fourth-order valence-corrected chi connectivity index (χ4v) is 7.04. The van der Waals surface area contributed by atoms with Crippen molar-refractivity contribution in [3.8, 4) is 0 Å². The predicted molar refractivity (Wildman–Crippen MR) is 187 cm³/mol. The molecule has 9 aromatic rings. The molecule has 0 fully saturated rings. The molecule has 0 aliphatic carbocycles. The van der Waals surface area contributed by atoms with Crippen LogP contribution in [-0.4, -0.2) is 16.6 Å². The molecule has 0 atom stereocenters. The van der Waals surface area contributed by atoms with Crippen LogP contribution in [0.2, 0.25) is 0 Å². The Hall–Kier alpha value is -5.67. The van der Waals surface area contributed by atoms with E-state index in [-0.39, 0.29) is 23.0 Å². The molecule has 1 heterocycles. The van der Waals surface area contributed by atoms with E-state index < -0.39 is 0 Å². The average Bonchev–Trinajstić information content (AvgIpc) is 3.09. The van der Waals surface area contributed by atoms with E-state index in [1.165, 1.54) is 0 Å². The van der Waals surface area contributed by atoms with Gasteiger partial charge in [0.2, 0.25) is 11.6 Å². The van der Waals surface area contributed by atoms with Gasteiger partial charge in [-0.3, -0.25) is 9.59 Å². The lowest BCUT2D eigenvalue weighted by Crippen LogP contribution is -2.12. The van der Waals surface area contributed by atoms with Gasteiger partial charge in [-0.05, 0) is 101 Å². The third-order valence-corrected chi connectivity index (χ3v) is 8.98. The van der Waals surface area contributed by atoms with Crippen LogP contribution in [0.1, 0.15) is 51.5 Å². The van der Waals surface area contributed by atoms with E-state index in [1.54, 1.807) is 12.1 Å². The van der Waals surface area contributed by atoms with E-state index in [0.717, 1.165) is 70.2 Å². The molecule has 45 heavy (non-hydrogen) atoms. The average molecular weight is 580 g/mol. The molecule has 0 amide bonds. The SMILES string of the molecule is CC.Cc1cc(C(=O)c2ccc3ccc4cccc5ccc2c3c45)nc(C(=O)c2ccc3ccc4cccc5ccc2c3c45)c1. The number of ketones is 2. The third kappa shape index (κ3) is 4.01. The summed E-state index contributed by atoms with van der Waals surface area (Å²) in [4.78, 5) is 33.0. The first kappa shape index (κ1) is 26.9. The van der Waals surface area contributed by atoms with Crippen molar-refractivity contribution in [2.45, 2.75) is 20.8 Å². The number of nitrogens with zero attached hydrogens (tertiary/aromatic N) is 1. The number of carbonyl (C=O) groups excluding carboxylic acids is 2. The molecule has 0 saturated carbocycles. The Morgan fingerprint density at radius 3 is 1.18 bits per heavy atom. The molecule has 0 radical (unpaired) electrons. The van der Waals surface area contributed by atoms with E-state index in [1.807, 2.05) is 57.2 Å². The number of hydrogen-bond acceptors (Lipinski definition) is 3. The first-order valence-electron chi connectivity index (χ1n) is 15.5. The molecule has 0 aliphatic rings. The van der Waals surface area contributed by atoms with Crippen LogP contribution in [0.15, 0.2) is 121 Å². The van der Waals surface area contributed by atoms with E-state index in [9.17, 15) is 9.59 Å². The second-order valence-corrected chi connectivity index (χ2v) is 11.5. The largest absolute Gasteiger partial charge is 0.287 e. The first-order chi connectivity index (χ1) is 22.0. The number of benzene rings is 8. The second kappa shape index (κ2) is 10.2. The highest BCUT2D eigenvalue weighted by Crippen LogP contribution is 2.38. The lowest BCUT2D eigenvalue weighted by atomic mass is 9.89. The number of rotatable bonds is 4. The van der Waals surface area contributed by atoms with Crippen LogP contribution < -0.4 is 0 Å². The zero-order chi connectivity index (χ0) is 30.8. The Morgan fingerprint density at radius 1 is 0.444 bits per heavy atom. The van der Waals surface area contributed by atoms with Crippen molar-refractivity contribution in [1.82, 2.24) is 4.98 Å². The molecule has 1 aromatic heterocycles. The Morgan fingerprint density at radius 2 is 0.778 bits per heavy atom. The first-order valence-corrected chi connectivity index (χ1v) is 15.5. The topological polar surface area (TPSA) is 47.0 Å². The van der Waals surface area contributed by atoms with Crippen LogP contribution in [0.3, 0.4) is 0 Å². The minimum Gasteiger partial charge on any atom is -0.287 e. The van der Waals surface area contributed by atoms with E-state index in [0.29, 0.717) is 11.1 Å². The van der Waals surface area contributed by atoms with Gasteiger partial charge in [-0.25, -0.2) is 4.98 Å². The van der Waals surface area contributed by atoms with Gasteiger partial charge in [0.15, 0.2) is 0 Å². The maximum Gasteiger partial charge on any atom is 0.211 e. The van der Waals surface area contributed by atoms with Crippen LogP contribution in [0.5, 0.6) is 0 Å². The summed E-state index contributed by atoms with van der Waals surface area (Å²) in [6, 6.07) is 40.6. The molecule has 214 valence electrons. The molecule has 0 spiro atoms. The molecule has 0 saturated heterocycles. The molecule has 3 heteroatoms. The van der Waals surface area contributed by atoms with Crippen molar-refractivity contribution >= 4 is 76.2 Å². The summed E-state index contributed by atoms with van der Waals surface area (Å²) in [5.41, 5.74) is 2.54. The Bertz CT molecular complexity index is 2400. The summed E-state index contributed by atoms with van der Waals surface area (Å²) in [6.07, 6.45) is 0. The van der Waals surface area contributed by atoms with Gasteiger partial charge >= 0.3 is 0 Å². The molecule has 0 bridgehead atoms. The van der Waals surface area contributed by atoms with Gasteiger partial charge in [0.05, 0.1) is 0 Å². The maximum absolute atomic E-state index is 14.1. The van der Waals surface area contributed by atoms with Crippen molar-refractivity contribution in [2.24, 2.45) is 0 Å². The monoisotopic (exact) mass is 579 g/mol. The summed E-state index contributed by atoms with van der Waals surface area (Å²) in [5, 5.41) is 13.1. The summed E-state index contributed by atoms with van der Waals surface area (Å²) in [6.45, 7) is 5.91. The standard InChI is InChI=1S/C40H23NO2.C2H6/c1-22-20-33(39(42)31-18-14-27-10-8-23-4-2-6-25-12-16-29(31)37(27)35(23)25)41-34(21-22)40(43)32-19-15-28-11-9-24-5-3-7-26-13-17-30(32)38(28)36(24)26;1-2/h2-21H,1H3;1-2H3. The smallest absolute Gasteiger partial charge is 0.211 e. The van der Waals surface area contributed by atoms with Gasteiger partial charge < -0.3 is 0 Å². The van der Waals surface area contributed by atoms with Crippen molar-refractivity contribution in [2.75, 3.05) is 0 Å². The van der Waals surface area contributed by atoms with Crippen LogP contribution in [0.25, 0.3) is 64.6 Å². The summed E-state index contributed by atoms with van der Waals surface area (Å²) < 4.78 is 0. The van der Waals surface area contributed by atoms with E-state index >= 15 is 0 Å². The predicted octanol–water partition coefficient (Wildman–Crippen LogP) is 10.7. The Labute approximate surface area is 260 Å². The Balaban J connectivity index is 0.00000147. The maximum atomic E-state index is 14.1. The van der Waals surface area contributed by atoms with Gasteiger partial charge in [0.25, 0.3) is 0 Å². The van der Waals surface area contributed by atoms with Crippen molar-refractivity contribution in [3.63, 3.8) is 0 Å². The zero-order valence-electron chi connectivity index (χ0n) is 25.3. The zero-order valence-corrected chi connectivity index (χ0v) is 25.3. The van der Waals surface area contributed by atoms with E-state index in [2.05, 4.69) is 72.8 Å². The van der Waals surface area contributed by atoms with Crippen molar-refractivity contribution < 1.29 is 9.59 Å². The van der Waals surface area contributed by atoms with Crippen molar-refractivity contribution in [1.29, 1.82) is 0 Å². The Kier molecular flexibility index (Phi) is 6.11. The van der Waals surface area contributed by atoms with Crippen LogP contribution in [0, 0.1) is 6.92 Å². The van der Waals surface area contributed by atoms with Gasteiger partial charge in [-0.2, -0.15) is 0 Å². The van der Waals surface area contributed by atoms with E-state index in [4.69, 9.17) is 4.98 Å². The summed E-state index contributed by atoms with van der Waals surface area (Å²) in [5.74, 6) is -0.378. The second-order valence-electron chi connectivity index (χ2n) is 11.5. The molecular weight excluding hydrogens is 550 g/mol. The minimum absolute atomic E-state index is 0.189. The van der Waals surface area contributed by atoms with Crippen molar-refractivity contribution in [3.05, 3.63) is 149 Å². The lowest BCUT2D eigenvalue weighted by Gasteiger charge is -2.14. The van der Waals surface area contributed by atoms with Crippen LogP contribution in [0.4, 0.5) is 0 Å². The fraction of sp³-hybridized carbons (Fsp3) is 0.0714. The molecule has 8 aromatic carbocycles. The fourth-order valence-electron chi connectivity index (χ4n) is 7.04. The van der Waals surface area contributed by atoms with Gasteiger partial charge in [0, 0.05) is 11.1 Å². The molecule has 0 unspecified atom stereocenters. The number of hydrogen-bond donors (Lipinski definition) is 0. The third-order valence-electron chi connectivity index (χ3n) is 8.98. The quantitative estimate of drug-likeness (QED) is 0.154. The molecule has 9 rings (SSSR count). The lowest BCUT2D eigenvalue weighted by molar-refractivity contribution is 0.103. The normalized spacial score (nSPS) is 11.6. The van der Waals surface area contributed by atoms with Crippen LogP contribution in [-0.2, 0) is 0 Å². The van der Waals surface area contributed by atoms with Gasteiger partial charge in [-0.15, -0.1) is 0 Å². The molecule has 3 nitrogen and oxygen atoms in total. The number of aromatic nitrogens is 1. The highest BCUT2D eigenvalue weighted by molar-refractivity contribution is 6.29. The van der Waals surface area contributed by atoms with Crippen LogP contribution >= 0.6 is 0 Å². The molecule has 0 aliphatic heterocycles. The van der Waals surface area contributed by atoms with Gasteiger partial charge in [0.1, 0.15) is 11.4 Å². The summed E-state index contributed by atoms with van der Waals surface area (Å²) >= 11 is 0. The highest BCUT2D eigenvalue weighted by Gasteiger charge is 2.22. The number of carbonyl (C=O) groups is 2. The number of pyridine rings is 1. The van der Waals surface area contributed by atoms with Gasteiger partial charge in [-0.1, -0.05) is 111 Å².